The summed E-state index contributed by atoms with van der Waals surface area (Å²) in [7, 11) is 0. The molecule has 14 heavy (non-hydrogen) atoms. The van der Waals surface area contributed by atoms with Crippen LogP contribution in [0.5, 0.6) is 5.75 Å². The van der Waals surface area contributed by atoms with Crippen LogP contribution >= 0.6 is 31.9 Å². The molecule has 0 aliphatic heterocycles. The lowest BCUT2D eigenvalue weighted by Crippen LogP contribution is -2.15. The van der Waals surface area contributed by atoms with Crippen LogP contribution in [0.25, 0.3) is 0 Å². The van der Waals surface area contributed by atoms with E-state index >= 15 is 0 Å². The van der Waals surface area contributed by atoms with Gasteiger partial charge in [0.05, 0.1) is 17.1 Å². The van der Waals surface area contributed by atoms with Crippen molar-refractivity contribution < 1.29 is 10.2 Å². The molecule has 0 unspecified atom stereocenters. The first-order valence-electron chi connectivity index (χ1n) is 4.03. The van der Waals surface area contributed by atoms with Gasteiger partial charge in [-0.25, -0.2) is 0 Å². The number of rotatable bonds is 2. The van der Waals surface area contributed by atoms with Crippen molar-refractivity contribution in [3.63, 3.8) is 0 Å². The minimum absolute atomic E-state index is 0.0900. The summed E-state index contributed by atoms with van der Waals surface area (Å²) in [5, 5.41) is 18.6. The summed E-state index contributed by atoms with van der Waals surface area (Å²) in [6, 6.07) is 1.15. The Labute approximate surface area is 99.2 Å². The first-order chi connectivity index (χ1) is 6.49. The summed E-state index contributed by atoms with van der Waals surface area (Å²) in [4.78, 5) is 0. The Morgan fingerprint density at radius 3 is 2.57 bits per heavy atom. The minimum atomic E-state index is -0.566. The number of benzene rings is 1. The highest BCUT2D eigenvalue weighted by Gasteiger charge is 2.16. The molecule has 1 rings (SSSR count). The fraction of sp³-hybridized carbons (Fsp3) is 0.333. The molecule has 0 radical (unpaired) electrons. The summed E-state index contributed by atoms with van der Waals surface area (Å²) in [6.07, 6.45) is 0. The zero-order chi connectivity index (χ0) is 10.9. The molecule has 0 aliphatic carbocycles. The van der Waals surface area contributed by atoms with Crippen LogP contribution in [-0.4, -0.2) is 16.8 Å². The number of nitrogens with two attached hydrogens (primary N) is 1. The van der Waals surface area contributed by atoms with Gasteiger partial charge >= 0.3 is 0 Å². The molecule has 1 atom stereocenters. The van der Waals surface area contributed by atoms with Crippen molar-refractivity contribution in [2.75, 3.05) is 6.61 Å². The van der Waals surface area contributed by atoms with Crippen molar-refractivity contribution in [2.24, 2.45) is 5.73 Å². The van der Waals surface area contributed by atoms with Gasteiger partial charge in [-0.3, -0.25) is 0 Å². The maximum Gasteiger partial charge on any atom is 0.134 e. The fourth-order valence-corrected chi connectivity index (χ4v) is 2.26. The van der Waals surface area contributed by atoms with Gasteiger partial charge in [-0.1, -0.05) is 15.9 Å². The zero-order valence-electron chi connectivity index (χ0n) is 7.59. The highest BCUT2D eigenvalue weighted by molar-refractivity contribution is 9.11. The summed E-state index contributed by atoms with van der Waals surface area (Å²) < 4.78 is 1.45. The fourth-order valence-electron chi connectivity index (χ4n) is 1.10. The number of hydrogen-bond donors (Lipinski definition) is 3. The van der Waals surface area contributed by atoms with E-state index in [1.807, 2.05) is 6.92 Å². The Bertz CT molecular complexity index is 355. The van der Waals surface area contributed by atoms with Crippen molar-refractivity contribution in [2.45, 2.75) is 13.0 Å². The lowest BCUT2D eigenvalue weighted by molar-refractivity contribution is 0.265. The van der Waals surface area contributed by atoms with Crippen LogP contribution in [-0.2, 0) is 0 Å². The normalized spacial score (nSPS) is 12.9. The van der Waals surface area contributed by atoms with Crippen molar-refractivity contribution in [1.29, 1.82) is 0 Å². The average molecular weight is 325 g/mol. The second kappa shape index (κ2) is 4.61. The van der Waals surface area contributed by atoms with Gasteiger partial charge in [0.2, 0.25) is 0 Å². The predicted octanol–water partition coefficient (Wildman–Crippen LogP) is 2.22. The SMILES string of the molecule is Cc1c(Br)cc([C@H](N)CO)c(O)c1Br. The van der Waals surface area contributed by atoms with Crippen LogP contribution in [0.3, 0.4) is 0 Å². The molecule has 0 aliphatic rings. The molecule has 0 aromatic heterocycles. The maximum atomic E-state index is 9.75. The monoisotopic (exact) mass is 323 g/mol. The number of halogens is 2. The third kappa shape index (κ3) is 2.11. The smallest absolute Gasteiger partial charge is 0.134 e. The van der Waals surface area contributed by atoms with Crippen LogP contribution in [0.15, 0.2) is 15.0 Å². The molecule has 0 amide bonds. The topological polar surface area (TPSA) is 66.5 Å². The second-order valence-electron chi connectivity index (χ2n) is 3.02. The van der Waals surface area contributed by atoms with Crippen molar-refractivity contribution >= 4 is 31.9 Å². The van der Waals surface area contributed by atoms with E-state index in [0.717, 1.165) is 10.0 Å². The number of hydrogen-bond acceptors (Lipinski definition) is 3. The molecule has 0 bridgehead atoms. The van der Waals surface area contributed by atoms with Crippen molar-refractivity contribution in [1.82, 2.24) is 0 Å². The van der Waals surface area contributed by atoms with Crippen LogP contribution in [0, 0.1) is 6.92 Å². The van der Waals surface area contributed by atoms with E-state index < -0.39 is 6.04 Å². The first-order valence-corrected chi connectivity index (χ1v) is 5.61. The zero-order valence-corrected chi connectivity index (χ0v) is 10.8. The molecule has 0 spiro atoms. The van der Waals surface area contributed by atoms with E-state index in [4.69, 9.17) is 10.8 Å². The van der Waals surface area contributed by atoms with Gasteiger partial charge in [-0.2, -0.15) is 0 Å². The van der Waals surface area contributed by atoms with Crippen molar-refractivity contribution in [3.8, 4) is 5.75 Å². The summed E-state index contributed by atoms with van der Waals surface area (Å²) >= 11 is 6.61. The van der Waals surface area contributed by atoms with Crippen LogP contribution in [0.1, 0.15) is 17.2 Å². The number of phenolic OH excluding ortho intramolecular Hbond substituents is 1. The van der Waals surface area contributed by atoms with Gasteiger partial charge in [-0.05, 0) is 34.5 Å². The maximum absolute atomic E-state index is 9.75. The van der Waals surface area contributed by atoms with Gasteiger partial charge in [-0.15, -0.1) is 0 Å². The standard InChI is InChI=1S/C9H11Br2NO2/c1-4-6(10)2-5(7(12)3-13)9(14)8(4)11/h2,7,13-14H,3,12H2,1H3/t7-/m1/s1. The largest absolute Gasteiger partial charge is 0.506 e. The Morgan fingerprint density at radius 2 is 2.07 bits per heavy atom. The number of aliphatic hydroxyl groups excluding tert-OH is 1. The van der Waals surface area contributed by atoms with E-state index in [2.05, 4.69) is 31.9 Å². The summed E-state index contributed by atoms with van der Waals surface area (Å²) in [5.74, 6) is 0.0900. The molecule has 4 N–H and O–H groups in total. The van der Waals surface area contributed by atoms with E-state index in [-0.39, 0.29) is 12.4 Å². The summed E-state index contributed by atoms with van der Waals surface area (Å²) in [5.41, 5.74) is 7.06. The summed E-state index contributed by atoms with van der Waals surface area (Å²) in [6.45, 7) is 1.66. The molecular formula is C9H11Br2NO2. The Kier molecular flexibility index (Phi) is 3.94. The number of aliphatic hydroxyl groups is 1. The Morgan fingerprint density at radius 1 is 1.50 bits per heavy atom. The van der Waals surface area contributed by atoms with E-state index in [1.165, 1.54) is 0 Å². The third-order valence-electron chi connectivity index (χ3n) is 2.05. The van der Waals surface area contributed by atoms with Gasteiger partial charge < -0.3 is 15.9 Å². The molecule has 3 nitrogen and oxygen atoms in total. The number of phenols is 1. The quantitative estimate of drug-likeness (QED) is 0.781. The molecule has 0 fully saturated rings. The van der Waals surface area contributed by atoms with E-state index in [0.29, 0.717) is 10.0 Å². The highest BCUT2D eigenvalue weighted by atomic mass is 79.9. The van der Waals surface area contributed by atoms with Gasteiger partial charge in [0, 0.05) is 10.0 Å². The Hall–Kier alpha value is -0.100. The molecule has 0 saturated heterocycles. The van der Waals surface area contributed by atoms with Gasteiger partial charge in [0.1, 0.15) is 5.75 Å². The molecule has 1 aromatic rings. The van der Waals surface area contributed by atoms with Crippen LogP contribution in [0.2, 0.25) is 0 Å². The lowest BCUT2D eigenvalue weighted by Gasteiger charge is -2.14. The van der Waals surface area contributed by atoms with Crippen molar-refractivity contribution in [3.05, 3.63) is 26.1 Å². The van der Waals surface area contributed by atoms with Crippen LogP contribution in [0.4, 0.5) is 0 Å². The third-order valence-corrected chi connectivity index (χ3v) is 3.84. The predicted molar refractivity (Wildman–Crippen MR) is 62.3 cm³/mol. The second-order valence-corrected chi connectivity index (χ2v) is 4.67. The average Bonchev–Trinajstić information content (AvgIpc) is 2.19. The highest BCUT2D eigenvalue weighted by Crippen LogP contribution is 2.37. The lowest BCUT2D eigenvalue weighted by atomic mass is 10.1. The van der Waals surface area contributed by atoms with Gasteiger partial charge in [0.15, 0.2) is 0 Å². The molecule has 1 aromatic carbocycles. The minimum Gasteiger partial charge on any atom is -0.506 e. The van der Waals surface area contributed by atoms with Gasteiger partial charge in [0.25, 0.3) is 0 Å². The molecule has 0 saturated carbocycles. The molecular weight excluding hydrogens is 314 g/mol. The Balaban J connectivity index is 3.33. The first kappa shape index (κ1) is 12.0. The number of aromatic hydroxyl groups is 1. The van der Waals surface area contributed by atoms with Crippen LogP contribution < -0.4 is 5.73 Å². The molecule has 0 heterocycles. The van der Waals surface area contributed by atoms with E-state index in [9.17, 15) is 5.11 Å². The van der Waals surface area contributed by atoms with E-state index in [1.54, 1.807) is 6.07 Å². The molecule has 78 valence electrons. The molecule has 5 heteroatoms.